The molecule has 38 heavy (non-hydrogen) atoms. The maximum absolute atomic E-state index is 11.1. The highest BCUT2D eigenvalue weighted by Crippen LogP contribution is 2.38. The Morgan fingerprint density at radius 3 is 1.68 bits per heavy atom. The van der Waals surface area contributed by atoms with Crippen LogP contribution in [0.15, 0.2) is 0 Å². The van der Waals surface area contributed by atoms with E-state index >= 15 is 0 Å². The molecule has 19 nitrogen and oxygen atoms in total. The molecule has 3 aliphatic heterocycles. The van der Waals surface area contributed by atoms with Gasteiger partial charge in [0.25, 0.3) is 0 Å². The Morgan fingerprint density at radius 1 is 0.579 bits per heavy atom. The standard InChI is InChI=1S/C18H33O19P/c19-1-4-7(21)10(24)12(26)17(34-4)37-15-11(25)8(22)6(3-32-38(29,30)31)35-18(15)36-14-9(23)5(2-20)33-16(28)13(14)27/h4-28H,1-3H2,(H2,29,30,31)/t4-,5-,6-,7-,8-,9-,10+,11+,12+,13+,14+,15+,16+,17-,18-/m1/s1. The third-order valence-electron chi connectivity index (χ3n) is 6.32. The molecule has 0 aromatic carbocycles. The van der Waals surface area contributed by atoms with Crippen LogP contribution in [0.3, 0.4) is 0 Å². The van der Waals surface area contributed by atoms with E-state index < -0.39 is 120 Å². The number of hydrogen-bond acceptors (Lipinski definition) is 17. The van der Waals surface area contributed by atoms with Crippen LogP contribution in [0.4, 0.5) is 0 Å². The lowest BCUT2D eigenvalue weighted by atomic mass is 9.96. The molecule has 224 valence electrons. The molecule has 0 unspecified atom stereocenters. The van der Waals surface area contributed by atoms with Crippen LogP contribution in [0.1, 0.15) is 0 Å². The van der Waals surface area contributed by atoms with Gasteiger partial charge in [-0.1, -0.05) is 0 Å². The summed E-state index contributed by atoms with van der Waals surface area (Å²) in [6, 6.07) is 0. The number of phosphoric acid groups is 1. The van der Waals surface area contributed by atoms with Crippen LogP contribution in [0.25, 0.3) is 0 Å². The summed E-state index contributed by atoms with van der Waals surface area (Å²) in [4.78, 5) is 17.9. The fraction of sp³-hybridized carbons (Fsp3) is 1.00. The van der Waals surface area contributed by atoms with E-state index in [4.69, 9.17) is 33.5 Å². The third-order valence-corrected chi connectivity index (χ3v) is 6.81. The number of aliphatic hydroxyl groups excluding tert-OH is 10. The third kappa shape index (κ3) is 7.04. The van der Waals surface area contributed by atoms with Crippen molar-refractivity contribution in [3.8, 4) is 0 Å². The first kappa shape index (κ1) is 32.0. The van der Waals surface area contributed by atoms with Crippen molar-refractivity contribution in [1.29, 1.82) is 0 Å². The van der Waals surface area contributed by atoms with Gasteiger partial charge in [-0.3, -0.25) is 4.52 Å². The predicted molar refractivity (Wildman–Crippen MR) is 112 cm³/mol. The fourth-order valence-corrected chi connectivity index (χ4v) is 4.53. The van der Waals surface area contributed by atoms with Crippen LogP contribution in [-0.4, -0.2) is 173 Å². The van der Waals surface area contributed by atoms with Crippen LogP contribution in [0.2, 0.25) is 0 Å². The Labute approximate surface area is 214 Å². The van der Waals surface area contributed by atoms with Crippen LogP contribution in [-0.2, 0) is 32.8 Å². The molecule has 3 fully saturated rings. The molecular formula is C18H33O19P. The molecule has 3 heterocycles. The first-order chi connectivity index (χ1) is 17.7. The second-order valence-corrected chi connectivity index (χ2v) is 10.2. The Hall–Kier alpha value is -0.490. The minimum absolute atomic E-state index is 0.832. The van der Waals surface area contributed by atoms with Crippen molar-refractivity contribution in [2.24, 2.45) is 0 Å². The summed E-state index contributed by atoms with van der Waals surface area (Å²) in [5, 5.41) is 101. The number of rotatable bonds is 9. The van der Waals surface area contributed by atoms with Crippen molar-refractivity contribution in [3.05, 3.63) is 0 Å². The molecule has 0 bridgehead atoms. The van der Waals surface area contributed by atoms with Gasteiger partial charge in [0.1, 0.15) is 73.2 Å². The molecule has 0 amide bonds. The summed E-state index contributed by atoms with van der Waals surface area (Å²) in [7, 11) is -5.08. The Bertz CT molecular complexity index is 798. The molecule has 20 heteroatoms. The van der Waals surface area contributed by atoms with Crippen LogP contribution < -0.4 is 0 Å². The molecule has 15 atom stereocenters. The summed E-state index contributed by atoms with van der Waals surface area (Å²) in [6.07, 6.45) is -27.7. The minimum atomic E-state index is -5.08. The van der Waals surface area contributed by atoms with Gasteiger partial charge < -0.3 is 84.5 Å². The molecule has 3 rings (SSSR count). The van der Waals surface area contributed by atoms with Gasteiger partial charge in [-0.2, -0.15) is 0 Å². The van der Waals surface area contributed by atoms with E-state index in [1.807, 2.05) is 0 Å². The second kappa shape index (κ2) is 13.0. The Morgan fingerprint density at radius 2 is 1.11 bits per heavy atom. The fourth-order valence-electron chi connectivity index (χ4n) is 4.19. The number of aliphatic hydroxyl groups is 10. The first-order valence-electron chi connectivity index (χ1n) is 11.3. The number of ether oxygens (including phenoxy) is 5. The van der Waals surface area contributed by atoms with Gasteiger partial charge in [0.2, 0.25) is 0 Å². The van der Waals surface area contributed by atoms with E-state index in [2.05, 4.69) is 4.52 Å². The summed E-state index contributed by atoms with van der Waals surface area (Å²) in [6.45, 7) is -2.67. The monoisotopic (exact) mass is 584 g/mol. The lowest BCUT2D eigenvalue weighted by Gasteiger charge is -2.48. The Kier molecular flexibility index (Phi) is 11.0. The van der Waals surface area contributed by atoms with Gasteiger partial charge in [-0.05, 0) is 0 Å². The lowest BCUT2D eigenvalue weighted by Crippen LogP contribution is -2.67. The molecule has 3 saturated heterocycles. The SMILES string of the molecule is O=P(O)(O)OC[C@H]1O[C@H](O[C@@H]2[C@H](O)[C@@H](O)O[C@H](CO)[C@H]2O)[C@@H](O[C@H]2O[C@H](CO)[C@@H](O)[C@H](O)[C@@H]2O)[C@@H](O)[C@@H]1O. The maximum Gasteiger partial charge on any atom is 0.469 e. The Balaban J connectivity index is 1.88. The van der Waals surface area contributed by atoms with Crippen molar-refractivity contribution < 1.29 is 93.6 Å². The van der Waals surface area contributed by atoms with Crippen molar-refractivity contribution >= 4 is 7.82 Å². The van der Waals surface area contributed by atoms with Gasteiger partial charge in [-0.15, -0.1) is 0 Å². The lowest BCUT2D eigenvalue weighted by molar-refractivity contribution is -0.387. The molecule has 3 aliphatic rings. The zero-order valence-corrected chi connectivity index (χ0v) is 20.3. The summed E-state index contributed by atoms with van der Waals surface area (Å²) >= 11 is 0. The van der Waals surface area contributed by atoms with E-state index in [1.165, 1.54) is 0 Å². The first-order valence-corrected chi connectivity index (χ1v) is 12.9. The van der Waals surface area contributed by atoms with Gasteiger partial charge in [0, 0.05) is 0 Å². The van der Waals surface area contributed by atoms with E-state index in [9.17, 15) is 55.6 Å². The topological polar surface area (TPSA) is 315 Å². The van der Waals surface area contributed by atoms with Crippen LogP contribution in [0.5, 0.6) is 0 Å². The van der Waals surface area contributed by atoms with Gasteiger partial charge in [0.15, 0.2) is 18.9 Å². The summed E-state index contributed by atoms with van der Waals surface area (Å²) in [5.41, 5.74) is 0. The number of hydrogen-bond donors (Lipinski definition) is 12. The summed E-state index contributed by atoms with van der Waals surface area (Å²) in [5.74, 6) is 0. The smallest absolute Gasteiger partial charge is 0.394 e. The maximum atomic E-state index is 11.1. The van der Waals surface area contributed by atoms with Gasteiger partial charge in [-0.25, -0.2) is 4.57 Å². The van der Waals surface area contributed by atoms with Crippen molar-refractivity contribution in [1.82, 2.24) is 0 Å². The molecule has 0 aliphatic carbocycles. The van der Waals surface area contributed by atoms with Gasteiger partial charge in [0.05, 0.1) is 19.8 Å². The van der Waals surface area contributed by atoms with E-state index in [0.29, 0.717) is 0 Å². The molecule has 0 radical (unpaired) electrons. The molecule has 0 aromatic heterocycles. The van der Waals surface area contributed by atoms with Gasteiger partial charge >= 0.3 is 7.82 Å². The van der Waals surface area contributed by atoms with E-state index in [-0.39, 0.29) is 0 Å². The highest BCUT2D eigenvalue weighted by atomic mass is 31.2. The largest absolute Gasteiger partial charge is 0.469 e. The van der Waals surface area contributed by atoms with Crippen LogP contribution in [0, 0.1) is 0 Å². The quantitative estimate of drug-likeness (QED) is 0.112. The normalized spacial score (nSPS) is 48.7. The van der Waals surface area contributed by atoms with Crippen molar-refractivity contribution in [3.63, 3.8) is 0 Å². The van der Waals surface area contributed by atoms with Crippen molar-refractivity contribution in [2.45, 2.75) is 92.1 Å². The molecule has 0 aromatic rings. The highest BCUT2D eigenvalue weighted by Gasteiger charge is 2.54. The second-order valence-electron chi connectivity index (χ2n) is 8.94. The highest BCUT2D eigenvalue weighted by molar-refractivity contribution is 7.46. The zero-order chi connectivity index (χ0) is 28.5. The molecular weight excluding hydrogens is 551 g/mol. The number of phosphoric ester groups is 1. The average molecular weight is 584 g/mol. The zero-order valence-electron chi connectivity index (χ0n) is 19.5. The predicted octanol–water partition coefficient (Wildman–Crippen LogP) is -7.46. The molecule has 0 spiro atoms. The van der Waals surface area contributed by atoms with Crippen LogP contribution >= 0.6 is 7.82 Å². The molecule has 0 saturated carbocycles. The van der Waals surface area contributed by atoms with E-state index in [1.54, 1.807) is 0 Å². The minimum Gasteiger partial charge on any atom is -0.394 e. The summed E-state index contributed by atoms with van der Waals surface area (Å²) < 4.78 is 41.9. The molecule has 12 N–H and O–H groups in total. The average Bonchev–Trinajstić information content (AvgIpc) is 2.86. The van der Waals surface area contributed by atoms with E-state index in [0.717, 1.165) is 0 Å². The van der Waals surface area contributed by atoms with Crippen molar-refractivity contribution in [2.75, 3.05) is 19.8 Å².